The molecular weight excluding hydrogens is 272 g/mol. The van der Waals surface area contributed by atoms with Gasteiger partial charge in [0.15, 0.2) is 0 Å². The van der Waals surface area contributed by atoms with Gasteiger partial charge in [0.1, 0.15) is 16.6 Å². The summed E-state index contributed by atoms with van der Waals surface area (Å²) in [5.74, 6) is 0.742. The van der Waals surface area contributed by atoms with Crippen molar-refractivity contribution in [3.05, 3.63) is 28.9 Å². The van der Waals surface area contributed by atoms with Crippen molar-refractivity contribution in [1.82, 2.24) is 19.7 Å². The Labute approximate surface area is 124 Å². The zero-order chi connectivity index (χ0) is 14.9. The van der Waals surface area contributed by atoms with E-state index < -0.39 is 0 Å². The SMILES string of the molecule is COC(c1nc(=S)cc(-c2cnn(C)c2)[nH]1)C(C)(C)C. The molecule has 2 aromatic rings. The topological polar surface area (TPSA) is 55.7 Å². The fraction of sp³-hybridized carbons (Fsp3) is 0.500. The Morgan fingerprint density at radius 3 is 2.60 bits per heavy atom. The van der Waals surface area contributed by atoms with Gasteiger partial charge < -0.3 is 9.72 Å². The summed E-state index contributed by atoms with van der Waals surface area (Å²) in [6.45, 7) is 6.32. The second-order valence-electron chi connectivity index (χ2n) is 5.90. The first-order chi connectivity index (χ1) is 9.31. The second-order valence-corrected chi connectivity index (χ2v) is 6.32. The smallest absolute Gasteiger partial charge is 0.137 e. The molecule has 0 aliphatic rings. The molecule has 1 unspecified atom stereocenters. The third kappa shape index (κ3) is 3.13. The van der Waals surface area contributed by atoms with Crippen molar-refractivity contribution >= 4 is 12.2 Å². The monoisotopic (exact) mass is 292 g/mol. The van der Waals surface area contributed by atoms with Crippen molar-refractivity contribution in [2.45, 2.75) is 26.9 Å². The molecule has 0 aliphatic carbocycles. The molecule has 20 heavy (non-hydrogen) atoms. The van der Waals surface area contributed by atoms with Crippen LogP contribution in [0.5, 0.6) is 0 Å². The Hall–Kier alpha value is -1.53. The van der Waals surface area contributed by atoms with Crippen LogP contribution in [0.3, 0.4) is 0 Å². The number of aromatic amines is 1. The maximum Gasteiger partial charge on any atom is 0.137 e. The van der Waals surface area contributed by atoms with Crippen LogP contribution in [0.15, 0.2) is 18.5 Å². The standard InChI is InChI=1S/C14H20N4OS/c1-14(2,3)12(19-5)13-16-10(6-11(20)17-13)9-7-15-18(4)8-9/h6-8,12H,1-5H3,(H,16,17,20). The van der Waals surface area contributed by atoms with Gasteiger partial charge in [0, 0.05) is 25.9 Å². The van der Waals surface area contributed by atoms with Crippen molar-refractivity contribution in [3.63, 3.8) is 0 Å². The fourth-order valence-electron chi connectivity index (χ4n) is 2.19. The second kappa shape index (κ2) is 5.46. The van der Waals surface area contributed by atoms with E-state index in [2.05, 4.69) is 35.8 Å². The number of aromatic nitrogens is 4. The van der Waals surface area contributed by atoms with Gasteiger partial charge in [-0.25, -0.2) is 4.98 Å². The molecule has 5 nitrogen and oxygen atoms in total. The van der Waals surface area contributed by atoms with Gasteiger partial charge in [-0.15, -0.1) is 0 Å². The average Bonchev–Trinajstić information content (AvgIpc) is 2.74. The molecule has 0 radical (unpaired) electrons. The van der Waals surface area contributed by atoms with Gasteiger partial charge >= 0.3 is 0 Å². The number of rotatable bonds is 3. The zero-order valence-corrected chi connectivity index (χ0v) is 13.3. The van der Waals surface area contributed by atoms with E-state index in [4.69, 9.17) is 17.0 Å². The molecule has 0 saturated carbocycles. The number of methoxy groups -OCH3 is 1. The summed E-state index contributed by atoms with van der Waals surface area (Å²) in [6.07, 6.45) is 3.58. The van der Waals surface area contributed by atoms with Gasteiger partial charge in [-0.05, 0) is 11.5 Å². The van der Waals surface area contributed by atoms with Gasteiger partial charge in [-0.3, -0.25) is 4.68 Å². The maximum atomic E-state index is 5.59. The van der Waals surface area contributed by atoms with Crippen molar-refractivity contribution in [2.75, 3.05) is 7.11 Å². The number of hydrogen-bond donors (Lipinski definition) is 1. The van der Waals surface area contributed by atoms with Gasteiger partial charge in [-0.1, -0.05) is 33.0 Å². The van der Waals surface area contributed by atoms with Gasteiger partial charge in [0.25, 0.3) is 0 Å². The van der Waals surface area contributed by atoms with E-state index in [0.29, 0.717) is 4.64 Å². The van der Waals surface area contributed by atoms with Crippen molar-refractivity contribution in [3.8, 4) is 11.3 Å². The number of hydrogen-bond acceptors (Lipinski definition) is 4. The Bertz CT molecular complexity index is 654. The minimum atomic E-state index is -0.152. The Balaban J connectivity index is 2.51. The van der Waals surface area contributed by atoms with Crippen LogP contribution in [0.4, 0.5) is 0 Å². The highest BCUT2D eigenvalue weighted by Crippen LogP contribution is 2.34. The predicted molar refractivity (Wildman–Crippen MR) is 80.8 cm³/mol. The minimum absolute atomic E-state index is 0.0758. The highest BCUT2D eigenvalue weighted by atomic mass is 32.1. The number of nitrogens with zero attached hydrogens (tertiary/aromatic N) is 3. The molecule has 0 bridgehead atoms. The molecule has 2 rings (SSSR count). The van der Waals surface area contributed by atoms with Crippen LogP contribution < -0.4 is 0 Å². The molecule has 2 aromatic heterocycles. The molecule has 0 amide bonds. The van der Waals surface area contributed by atoms with Crippen LogP contribution in [0, 0.1) is 10.1 Å². The van der Waals surface area contributed by atoms with Crippen LogP contribution in [0.25, 0.3) is 11.3 Å². The Kier molecular flexibility index (Phi) is 4.06. The third-order valence-corrected chi connectivity index (χ3v) is 3.26. The van der Waals surface area contributed by atoms with Crippen LogP contribution in [0.1, 0.15) is 32.7 Å². The summed E-state index contributed by atoms with van der Waals surface area (Å²) in [5.41, 5.74) is 1.80. The fourth-order valence-corrected chi connectivity index (χ4v) is 2.41. The highest BCUT2D eigenvalue weighted by molar-refractivity contribution is 7.71. The molecule has 0 aromatic carbocycles. The normalized spacial score (nSPS) is 13.4. The minimum Gasteiger partial charge on any atom is -0.373 e. The first-order valence-electron chi connectivity index (χ1n) is 6.44. The summed E-state index contributed by atoms with van der Waals surface area (Å²) in [4.78, 5) is 7.73. The quantitative estimate of drug-likeness (QED) is 0.882. The maximum absolute atomic E-state index is 5.59. The molecule has 0 saturated heterocycles. The van der Waals surface area contributed by atoms with Crippen molar-refractivity contribution in [2.24, 2.45) is 12.5 Å². The van der Waals surface area contributed by atoms with Crippen LogP contribution in [0.2, 0.25) is 0 Å². The molecule has 1 atom stereocenters. The molecule has 0 aliphatic heterocycles. The molecule has 0 fully saturated rings. The number of aryl methyl sites for hydroxylation is 1. The lowest BCUT2D eigenvalue weighted by Crippen LogP contribution is -2.22. The summed E-state index contributed by atoms with van der Waals surface area (Å²) >= 11 is 5.27. The summed E-state index contributed by atoms with van der Waals surface area (Å²) in [7, 11) is 3.57. The number of H-pyrrole nitrogens is 1. The molecule has 6 heteroatoms. The van der Waals surface area contributed by atoms with Crippen LogP contribution in [-0.2, 0) is 11.8 Å². The first-order valence-corrected chi connectivity index (χ1v) is 6.85. The van der Waals surface area contributed by atoms with E-state index in [-0.39, 0.29) is 11.5 Å². The van der Waals surface area contributed by atoms with E-state index in [1.807, 2.05) is 19.3 Å². The zero-order valence-electron chi connectivity index (χ0n) is 12.5. The van der Waals surface area contributed by atoms with Gasteiger partial charge in [0.2, 0.25) is 0 Å². The highest BCUT2D eigenvalue weighted by Gasteiger charge is 2.28. The molecule has 0 spiro atoms. The summed E-state index contributed by atoms with van der Waals surface area (Å²) in [6, 6.07) is 1.84. The van der Waals surface area contributed by atoms with E-state index in [1.54, 1.807) is 18.0 Å². The van der Waals surface area contributed by atoms with E-state index in [0.717, 1.165) is 17.1 Å². The van der Waals surface area contributed by atoms with Gasteiger partial charge in [0.05, 0.1) is 11.9 Å². The predicted octanol–water partition coefficient (Wildman–Crippen LogP) is 3.27. The number of ether oxygens (including phenoxy) is 1. The van der Waals surface area contributed by atoms with Crippen molar-refractivity contribution in [1.29, 1.82) is 0 Å². The van der Waals surface area contributed by atoms with Gasteiger partial charge in [-0.2, -0.15) is 5.10 Å². The molecular formula is C14H20N4OS. The van der Waals surface area contributed by atoms with Crippen molar-refractivity contribution < 1.29 is 4.74 Å². The van der Waals surface area contributed by atoms with E-state index >= 15 is 0 Å². The lowest BCUT2D eigenvalue weighted by molar-refractivity contribution is 0.00867. The Morgan fingerprint density at radius 2 is 2.10 bits per heavy atom. The average molecular weight is 292 g/mol. The lowest BCUT2D eigenvalue weighted by atomic mass is 9.88. The summed E-state index contributed by atoms with van der Waals surface area (Å²) in [5, 5.41) is 4.18. The third-order valence-electron chi connectivity index (χ3n) is 3.05. The lowest BCUT2D eigenvalue weighted by Gasteiger charge is -2.28. The first kappa shape index (κ1) is 14.9. The molecule has 2 heterocycles. The van der Waals surface area contributed by atoms with Crippen LogP contribution >= 0.6 is 12.2 Å². The number of nitrogens with one attached hydrogen (secondary N) is 1. The largest absolute Gasteiger partial charge is 0.373 e. The molecule has 1 N–H and O–H groups in total. The van der Waals surface area contributed by atoms with E-state index in [9.17, 15) is 0 Å². The van der Waals surface area contributed by atoms with Crippen LogP contribution in [-0.4, -0.2) is 26.9 Å². The van der Waals surface area contributed by atoms with E-state index in [1.165, 1.54) is 0 Å². The summed E-state index contributed by atoms with van der Waals surface area (Å²) < 4.78 is 7.89. The Morgan fingerprint density at radius 1 is 1.40 bits per heavy atom. The molecule has 108 valence electrons.